The number of hydrogen-bond donors (Lipinski definition) is 1. The zero-order valence-electron chi connectivity index (χ0n) is 18.8. The van der Waals surface area contributed by atoms with Gasteiger partial charge in [-0.1, -0.05) is 0 Å². The Balaban J connectivity index is 1.57. The van der Waals surface area contributed by atoms with Crippen LogP contribution in [0.25, 0.3) is 16.9 Å². The second kappa shape index (κ2) is 9.72. The standard InChI is InChI=1S/C24H25N7O3/c1-26-15-21(23(32)33)28(2)12-13-29-11-9-19(16-29)31-22-20(4-3-10-27-22)30(24(31)34)18-7-5-17(14-25)6-8-18/h3-8,10,15,19H,1,9,11-13,16H2,2H3,(H,32,33)/b21-15-. The zero-order chi connectivity index (χ0) is 24.2. The number of aromatic nitrogens is 3. The van der Waals surface area contributed by atoms with Crippen molar-refractivity contribution in [3.8, 4) is 11.8 Å². The topological polar surface area (TPSA) is 120 Å². The number of carboxylic acids is 1. The van der Waals surface area contributed by atoms with Gasteiger partial charge in [0, 0.05) is 39.4 Å². The molecule has 0 spiro atoms. The molecule has 1 atom stereocenters. The number of nitriles is 1. The number of carboxylic acid groups (broad SMARTS) is 1. The molecule has 10 nitrogen and oxygen atoms in total. The summed E-state index contributed by atoms with van der Waals surface area (Å²) in [6, 6.07) is 12.6. The number of carbonyl (C=O) groups is 1. The third-order valence-corrected chi connectivity index (χ3v) is 6.10. The minimum absolute atomic E-state index is 0.0563. The maximum absolute atomic E-state index is 13.5. The molecule has 4 rings (SSSR count). The van der Waals surface area contributed by atoms with E-state index >= 15 is 0 Å². The van der Waals surface area contributed by atoms with Crippen LogP contribution in [0.4, 0.5) is 0 Å². The summed E-state index contributed by atoms with van der Waals surface area (Å²) in [4.78, 5) is 36.9. The fourth-order valence-corrected chi connectivity index (χ4v) is 4.36. The molecule has 0 aliphatic carbocycles. The van der Waals surface area contributed by atoms with E-state index in [4.69, 9.17) is 5.26 Å². The molecule has 1 unspecified atom stereocenters. The van der Waals surface area contributed by atoms with Crippen molar-refractivity contribution in [3.05, 3.63) is 70.5 Å². The van der Waals surface area contributed by atoms with Crippen molar-refractivity contribution in [3.63, 3.8) is 0 Å². The summed E-state index contributed by atoms with van der Waals surface area (Å²) in [5, 5.41) is 18.4. The van der Waals surface area contributed by atoms with Crippen LogP contribution in [-0.4, -0.2) is 74.9 Å². The summed E-state index contributed by atoms with van der Waals surface area (Å²) in [7, 11) is 1.71. The number of pyridine rings is 1. The summed E-state index contributed by atoms with van der Waals surface area (Å²) in [6.07, 6.45) is 3.69. The van der Waals surface area contributed by atoms with Crippen LogP contribution in [-0.2, 0) is 4.79 Å². The molecular formula is C24H25N7O3. The second-order valence-corrected chi connectivity index (χ2v) is 8.16. The van der Waals surface area contributed by atoms with Crippen molar-refractivity contribution in [2.45, 2.75) is 12.5 Å². The lowest BCUT2D eigenvalue weighted by Gasteiger charge is -2.23. The Morgan fingerprint density at radius 2 is 2.15 bits per heavy atom. The lowest BCUT2D eigenvalue weighted by molar-refractivity contribution is -0.134. The molecule has 3 aromatic rings. The van der Waals surface area contributed by atoms with Gasteiger partial charge in [-0.15, -0.1) is 0 Å². The van der Waals surface area contributed by atoms with Crippen LogP contribution < -0.4 is 5.69 Å². The van der Waals surface area contributed by atoms with Gasteiger partial charge in [0.1, 0.15) is 5.70 Å². The summed E-state index contributed by atoms with van der Waals surface area (Å²) in [5.41, 5.74) is 2.45. The third kappa shape index (κ3) is 4.33. The predicted octanol–water partition coefficient (Wildman–Crippen LogP) is 1.86. The molecule has 1 aliphatic heterocycles. The summed E-state index contributed by atoms with van der Waals surface area (Å²) < 4.78 is 3.38. The van der Waals surface area contributed by atoms with E-state index < -0.39 is 5.97 Å². The molecule has 0 amide bonds. The quantitative estimate of drug-likeness (QED) is 0.403. The Hall–Kier alpha value is -4.23. The average molecular weight is 460 g/mol. The molecule has 10 heteroatoms. The lowest BCUT2D eigenvalue weighted by atomic mass is 10.2. The van der Waals surface area contributed by atoms with Crippen molar-refractivity contribution >= 4 is 23.9 Å². The zero-order valence-corrected chi connectivity index (χ0v) is 18.8. The normalized spacial score (nSPS) is 16.5. The maximum Gasteiger partial charge on any atom is 0.353 e. The van der Waals surface area contributed by atoms with Crippen molar-refractivity contribution in [1.29, 1.82) is 5.26 Å². The summed E-state index contributed by atoms with van der Waals surface area (Å²) >= 11 is 0. The van der Waals surface area contributed by atoms with Gasteiger partial charge in [-0.05, 0) is 49.5 Å². The highest BCUT2D eigenvalue weighted by Crippen LogP contribution is 2.25. The van der Waals surface area contributed by atoms with E-state index in [9.17, 15) is 14.7 Å². The molecule has 1 aromatic carbocycles. The van der Waals surface area contributed by atoms with Crippen molar-refractivity contribution in [2.24, 2.45) is 4.99 Å². The van der Waals surface area contributed by atoms with Gasteiger partial charge in [-0.3, -0.25) is 19.0 Å². The van der Waals surface area contributed by atoms with Crippen LogP contribution in [0, 0.1) is 11.3 Å². The van der Waals surface area contributed by atoms with Crippen LogP contribution in [0.1, 0.15) is 18.0 Å². The Morgan fingerprint density at radius 1 is 1.38 bits per heavy atom. The predicted molar refractivity (Wildman–Crippen MR) is 128 cm³/mol. The number of likely N-dealkylation sites (tertiary alicyclic amines) is 1. The average Bonchev–Trinajstić information content (AvgIpc) is 3.42. The van der Waals surface area contributed by atoms with Gasteiger partial charge in [0.25, 0.3) is 0 Å². The Morgan fingerprint density at radius 3 is 2.82 bits per heavy atom. The Bertz CT molecular complexity index is 1350. The molecule has 1 saturated heterocycles. The molecule has 0 saturated carbocycles. The smallest absolute Gasteiger partial charge is 0.353 e. The largest absolute Gasteiger partial charge is 0.477 e. The van der Waals surface area contributed by atoms with E-state index in [1.807, 2.05) is 6.07 Å². The first-order valence-corrected chi connectivity index (χ1v) is 10.9. The van der Waals surface area contributed by atoms with Crippen LogP contribution in [0.5, 0.6) is 0 Å². The Kier molecular flexibility index (Phi) is 6.56. The van der Waals surface area contributed by atoms with Crippen molar-refractivity contribution < 1.29 is 9.90 Å². The number of fused-ring (bicyclic) bond motifs is 1. The molecule has 1 N–H and O–H groups in total. The number of nitrogens with zero attached hydrogens (tertiary/aromatic N) is 7. The second-order valence-electron chi connectivity index (χ2n) is 8.16. The molecular weight excluding hydrogens is 434 g/mol. The van der Waals surface area contributed by atoms with Crippen molar-refractivity contribution in [1.82, 2.24) is 23.9 Å². The van der Waals surface area contributed by atoms with Gasteiger partial charge in [0.2, 0.25) is 0 Å². The molecule has 2 aromatic heterocycles. The van der Waals surface area contributed by atoms with E-state index in [2.05, 4.69) is 27.7 Å². The van der Waals surface area contributed by atoms with Crippen LogP contribution in [0.3, 0.4) is 0 Å². The van der Waals surface area contributed by atoms with E-state index in [0.29, 0.717) is 42.0 Å². The first-order chi connectivity index (χ1) is 16.4. The molecule has 0 radical (unpaired) electrons. The number of imidazole rings is 1. The molecule has 34 heavy (non-hydrogen) atoms. The minimum Gasteiger partial charge on any atom is -0.477 e. The fourth-order valence-electron chi connectivity index (χ4n) is 4.36. The molecule has 1 fully saturated rings. The van der Waals surface area contributed by atoms with E-state index in [1.165, 1.54) is 6.20 Å². The Labute approximate surface area is 196 Å². The maximum atomic E-state index is 13.5. The van der Waals surface area contributed by atoms with Gasteiger partial charge >= 0.3 is 11.7 Å². The SMILES string of the molecule is C=N/C=C(/C(=O)O)N(C)CCN1CCC(n2c(=O)n(-c3ccc(C#N)cc3)c3cccnc32)C1. The van der Waals surface area contributed by atoms with E-state index in [1.54, 1.807) is 57.6 Å². The van der Waals surface area contributed by atoms with Gasteiger partial charge in [-0.25, -0.2) is 14.6 Å². The van der Waals surface area contributed by atoms with Gasteiger partial charge in [-0.2, -0.15) is 5.26 Å². The first kappa shape index (κ1) is 22.9. The van der Waals surface area contributed by atoms with Crippen molar-refractivity contribution in [2.75, 3.05) is 33.2 Å². The third-order valence-electron chi connectivity index (χ3n) is 6.10. The van der Waals surface area contributed by atoms with Crippen LogP contribution >= 0.6 is 0 Å². The number of rotatable bonds is 8. The molecule has 0 bridgehead atoms. The van der Waals surface area contributed by atoms with Gasteiger partial charge in [0.05, 0.1) is 35.1 Å². The minimum atomic E-state index is -1.05. The van der Waals surface area contributed by atoms with E-state index in [0.717, 1.165) is 13.0 Å². The van der Waals surface area contributed by atoms with Gasteiger partial charge in [0.15, 0.2) is 5.65 Å². The highest BCUT2D eigenvalue weighted by Gasteiger charge is 2.29. The number of aliphatic imine (C=N–C) groups is 1. The van der Waals surface area contributed by atoms with Gasteiger partial charge < -0.3 is 10.0 Å². The highest BCUT2D eigenvalue weighted by molar-refractivity contribution is 5.85. The van der Waals surface area contributed by atoms with Crippen LogP contribution in [0.2, 0.25) is 0 Å². The fraction of sp³-hybridized carbons (Fsp3) is 0.292. The molecule has 174 valence electrons. The van der Waals surface area contributed by atoms with E-state index in [-0.39, 0.29) is 17.4 Å². The number of benzene rings is 1. The molecule has 1 aliphatic rings. The number of hydrogen-bond acceptors (Lipinski definition) is 7. The highest BCUT2D eigenvalue weighted by atomic mass is 16.4. The monoisotopic (exact) mass is 459 g/mol. The number of aliphatic carboxylic acids is 1. The summed E-state index contributed by atoms with van der Waals surface area (Å²) in [5.74, 6) is -1.05. The first-order valence-electron chi connectivity index (χ1n) is 10.9. The molecule has 3 heterocycles. The number of likely N-dealkylation sites (N-methyl/N-ethyl adjacent to an activating group) is 1. The van der Waals surface area contributed by atoms with Crippen LogP contribution in [0.15, 0.2) is 64.3 Å². The summed E-state index contributed by atoms with van der Waals surface area (Å²) in [6.45, 7) is 5.92. The lowest BCUT2D eigenvalue weighted by Crippen LogP contribution is -2.34.